The fourth-order valence-electron chi connectivity index (χ4n) is 3.91. The van der Waals surface area contributed by atoms with Gasteiger partial charge in [0.1, 0.15) is 11.4 Å². The Hall–Kier alpha value is -3.06. The maximum atomic E-state index is 14.8. The number of anilines is 2. The van der Waals surface area contributed by atoms with Crippen LogP contribution >= 0.6 is 12.2 Å². The van der Waals surface area contributed by atoms with E-state index < -0.39 is 17.6 Å². The standard InChI is InChI=1S/C24H24FN3O2S/c1-2-16-6-9-18(10-7-16)28-23(30)20(22(29)26-24(28)31)14-17-8-11-19(15-21(17)25)27-12-4-3-5-13-27/h6-11,14-15H,2-5,12-13H2,1H3,(H,26,29,31)/b20-14+. The highest BCUT2D eigenvalue weighted by atomic mass is 32.1. The van der Waals surface area contributed by atoms with Crippen LogP contribution in [0.25, 0.3) is 6.08 Å². The lowest BCUT2D eigenvalue weighted by Gasteiger charge is -2.29. The second-order valence-corrected chi connectivity index (χ2v) is 8.12. The molecule has 160 valence electrons. The molecule has 0 spiro atoms. The Morgan fingerprint density at radius 1 is 1.03 bits per heavy atom. The Labute approximate surface area is 186 Å². The van der Waals surface area contributed by atoms with Crippen LogP contribution in [0.1, 0.15) is 37.3 Å². The Morgan fingerprint density at radius 3 is 2.35 bits per heavy atom. The zero-order chi connectivity index (χ0) is 22.0. The summed E-state index contributed by atoms with van der Waals surface area (Å²) < 4.78 is 14.8. The largest absolute Gasteiger partial charge is 0.371 e. The molecule has 2 amide bonds. The van der Waals surface area contributed by atoms with Crippen molar-refractivity contribution in [3.63, 3.8) is 0 Å². The number of amides is 2. The third kappa shape index (κ3) is 4.37. The number of nitrogens with one attached hydrogen (secondary N) is 1. The summed E-state index contributed by atoms with van der Waals surface area (Å²) in [6, 6.07) is 12.3. The molecule has 0 radical (unpaired) electrons. The quantitative estimate of drug-likeness (QED) is 0.442. The molecule has 7 heteroatoms. The zero-order valence-electron chi connectivity index (χ0n) is 17.4. The van der Waals surface area contributed by atoms with Crippen LogP contribution in [0, 0.1) is 5.82 Å². The molecule has 2 saturated heterocycles. The van der Waals surface area contributed by atoms with E-state index in [0.717, 1.165) is 43.6 Å². The van der Waals surface area contributed by atoms with E-state index in [1.807, 2.05) is 25.1 Å². The van der Waals surface area contributed by atoms with Gasteiger partial charge in [0.05, 0.1) is 5.69 Å². The van der Waals surface area contributed by atoms with Crippen molar-refractivity contribution >= 4 is 46.6 Å². The van der Waals surface area contributed by atoms with Crippen LogP contribution in [0.3, 0.4) is 0 Å². The average Bonchev–Trinajstić information content (AvgIpc) is 2.78. The number of rotatable bonds is 4. The molecule has 1 N–H and O–H groups in total. The lowest BCUT2D eigenvalue weighted by atomic mass is 10.0. The highest BCUT2D eigenvalue weighted by molar-refractivity contribution is 7.80. The first-order valence-corrected chi connectivity index (χ1v) is 10.9. The van der Waals surface area contributed by atoms with E-state index in [4.69, 9.17) is 12.2 Å². The van der Waals surface area contributed by atoms with Gasteiger partial charge < -0.3 is 4.90 Å². The molecule has 0 unspecified atom stereocenters. The van der Waals surface area contributed by atoms with E-state index in [9.17, 15) is 14.0 Å². The minimum atomic E-state index is -0.629. The third-order valence-electron chi connectivity index (χ3n) is 5.71. The van der Waals surface area contributed by atoms with Gasteiger partial charge in [-0.05, 0) is 79.9 Å². The molecule has 31 heavy (non-hydrogen) atoms. The summed E-state index contributed by atoms with van der Waals surface area (Å²) in [4.78, 5) is 29.0. The molecule has 0 saturated carbocycles. The van der Waals surface area contributed by atoms with Gasteiger partial charge in [-0.2, -0.15) is 0 Å². The van der Waals surface area contributed by atoms with Gasteiger partial charge in [-0.3, -0.25) is 19.8 Å². The third-order valence-corrected chi connectivity index (χ3v) is 5.99. The Bertz CT molecular complexity index is 1060. The van der Waals surface area contributed by atoms with Gasteiger partial charge in [-0.15, -0.1) is 0 Å². The van der Waals surface area contributed by atoms with Crippen molar-refractivity contribution < 1.29 is 14.0 Å². The van der Waals surface area contributed by atoms with Crippen LogP contribution in [0.4, 0.5) is 15.8 Å². The van der Waals surface area contributed by atoms with Gasteiger partial charge in [0.2, 0.25) is 0 Å². The number of nitrogens with zero attached hydrogens (tertiary/aromatic N) is 2. The monoisotopic (exact) mass is 437 g/mol. The SMILES string of the molecule is CCc1ccc(N2C(=O)/C(=C/c3ccc(N4CCCCC4)cc3F)C(=O)NC2=S)cc1. The van der Waals surface area contributed by atoms with Gasteiger partial charge in [-0.1, -0.05) is 19.1 Å². The van der Waals surface area contributed by atoms with Crippen molar-refractivity contribution in [1.29, 1.82) is 0 Å². The van der Waals surface area contributed by atoms with Crippen molar-refractivity contribution in [3.8, 4) is 0 Å². The summed E-state index contributed by atoms with van der Waals surface area (Å²) >= 11 is 5.22. The fraction of sp³-hybridized carbons (Fsp3) is 0.292. The number of thiocarbonyl (C=S) groups is 1. The first-order chi connectivity index (χ1) is 15.0. The topological polar surface area (TPSA) is 52.7 Å². The number of carbonyl (C=O) groups is 2. The molecular weight excluding hydrogens is 413 g/mol. The summed E-state index contributed by atoms with van der Waals surface area (Å²) in [5.41, 5.74) is 2.53. The smallest absolute Gasteiger partial charge is 0.270 e. The van der Waals surface area contributed by atoms with Gasteiger partial charge in [-0.25, -0.2) is 4.39 Å². The summed E-state index contributed by atoms with van der Waals surface area (Å²) in [6.45, 7) is 3.85. The molecule has 2 aliphatic heterocycles. The van der Waals surface area contributed by atoms with Crippen LogP contribution in [-0.2, 0) is 16.0 Å². The summed E-state index contributed by atoms with van der Waals surface area (Å²) in [5.74, 6) is -1.67. The molecule has 2 aromatic carbocycles. The number of piperidine rings is 1. The summed E-state index contributed by atoms with van der Waals surface area (Å²) in [5, 5.41) is 2.55. The maximum absolute atomic E-state index is 14.8. The van der Waals surface area contributed by atoms with Crippen LogP contribution in [0.5, 0.6) is 0 Å². The molecule has 2 aliphatic rings. The molecule has 2 heterocycles. The van der Waals surface area contributed by atoms with E-state index in [0.29, 0.717) is 5.69 Å². The second-order valence-electron chi connectivity index (χ2n) is 7.73. The predicted octanol–water partition coefficient (Wildman–Crippen LogP) is 4.21. The molecule has 0 atom stereocenters. The van der Waals surface area contributed by atoms with Crippen molar-refractivity contribution in [3.05, 3.63) is 65.0 Å². The molecular formula is C24H24FN3O2S. The Balaban J connectivity index is 1.63. The normalized spacial score (nSPS) is 18.5. The lowest BCUT2D eigenvalue weighted by molar-refractivity contribution is -0.122. The van der Waals surface area contributed by atoms with Gasteiger partial charge in [0, 0.05) is 24.3 Å². The highest BCUT2D eigenvalue weighted by Gasteiger charge is 2.34. The molecule has 2 fully saturated rings. The van der Waals surface area contributed by atoms with E-state index in [2.05, 4.69) is 10.2 Å². The molecule has 0 bridgehead atoms. The zero-order valence-corrected chi connectivity index (χ0v) is 18.2. The lowest BCUT2D eigenvalue weighted by Crippen LogP contribution is -2.54. The highest BCUT2D eigenvalue weighted by Crippen LogP contribution is 2.26. The summed E-state index contributed by atoms with van der Waals surface area (Å²) in [6.07, 6.45) is 5.55. The Morgan fingerprint density at radius 2 is 1.71 bits per heavy atom. The minimum absolute atomic E-state index is 0.0114. The average molecular weight is 438 g/mol. The first-order valence-electron chi connectivity index (χ1n) is 10.5. The van der Waals surface area contributed by atoms with E-state index in [1.54, 1.807) is 18.2 Å². The second kappa shape index (κ2) is 8.98. The van der Waals surface area contributed by atoms with Gasteiger partial charge in [0.15, 0.2) is 5.11 Å². The maximum Gasteiger partial charge on any atom is 0.270 e. The number of carbonyl (C=O) groups excluding carboxylic acids is 2. The van der Waals surface area contributed by atoms with E-state index in [1.165, 1.54) is 23.5 Å². The van der Waals surface area contributed by atoms with Crippen molar-refractivity contribution in [2.45, 2.75) is 32.6 Å². The first kappa shape index (κ1) is 21.2. The molecule has 0 aliphatic carbocycles. The predicted molar refractivity (Wildman–Crippen MR) is 124 cm³/mol. The number of benzene rings is 2. The molecule has 2 aromatic rings. The van der Waals surface area contributed by atoms with Crippen LogP contribution in [-0.4, -0.2) is 30.0 Å². The number of aryl methyl sites for hydroxylation is 1. The van der Waals surface area contributed by atoms with Crippen molar-refractivity contribution in [1.82, 2.24) is 5.32 Å². The van der Waals surface area contributed by atoms with E-state index >= 15 is 0 Å². The van der Waals surface area contributed by atoms with Crippen molar-refractivity contribution in [2.24, 2.45) is 0 Å². The minimum Gasteiger partial charge on any atom is -0.371 e. The molecule has 5 nitrogen and oxygen atoms in total. The fourth-order valence-corrected chi connectivity index (χ4v) is 4.19. The van der Waals surface area contributed by atoms with Crippen LogP contribution in [0.15, 0.2) is 48.0 Å². The Kier molecular flexibility index (Phi) is 6.13. The van der Waals surface area contributed by atoms with Crippen molar-refractivity contribution in [2.75, 3.05) is 22.9 Å². The van der Waals surface area contributed by atoms with Crippen LogP contribution in [0.2, 0.25) is 0 Å². The summed E-state index contributed by atoms with van der Waals surface area (Å²) in [7, 11) is 0. The molecule has 0 aromatic heterocycles. The number of hydrogen-bond donors (Lipinski definition) is 1. The number of halogens is 1. The molecule has 4 rings (SSSR count). The van der Waals surface area contributed by atoms with E-state index in [-0.39, 0.29) is 16.2 Å². The van der Waals surface area contributed by atoms with Gasteiger partial charge in [0.25, 0.3) is 11.8 Å². The van der Waals surface area contributed by atoms with Crippen LogP contribution < -0.4 is 15.1 Å². The van der Waals surface area contributed by atoms with Gasteiger partial charge >= 0.3 is 0 Å². The number of hydrogen-bond acceptors (Lipinski definition) is 4.